The molecule has 1 aliphatic rings. The maximum absolute atomic E-state index is 13.5. The molecular weight excluding hydrogens is 442 g/mol. The monoisotopic (exact) mass is 475 g/mol. The molecule has 0 unspecified atom stereocenters. The van der Waals surface area contributed by atoms with Crippen molar-refractivity contribution in [3.63, 3.8) is 0 Å². The fourth-order valence-corrected chi connectivity index (χ4v) is 5.24. The lowest BCUT2D eigenvalue weighted by atomic mass is 9.97. The van der Waals surface area contributed by atoms with Crippen LogP contribution in [0.2, 0.25) is 0 Å². The molecule has 0 radical (unpaired) electrons. The highest BCUT2D eigenvalue weighted by Gasteiger charge is 2.34. The van der Waals surface area contributed by atoms with E-state index >= 15 is 0 Å². The lowest BCUT2D eigenvalue weighted by Crippen LogP contribution is -2.46. The quantitative estimate of drug-likeness (QED) is 0.341. The van der Waals surface area contributed by atoms with Crippen LogP contribution in [0.15, 0.2) is 121 Å². The van der Waals surface area contributed by atoms with E-state index in [1.54, 1.807) is 0 Å². The number of rotatable bonds is 7. The number of nitrogens with zero attached hydrogens (tertiary/aromatic N) is 2. The second-order valence-corrected chi connectivity index (χ2v) is 9.48. The standard InChI is InChI=1S/C32H33N3O/c1-34(32(36)33-30(25-14-6-2-7-15-25)26-16-8-3-9-17-26)29-22-23-35(24-29)31(27-18-10-4-11-19-27)28-20-12-5-13-21-28/h2-21,29-31H,22-24H2,1H3,(H,33,36)/t29-/m0/s1. The summed E-state index contributed by atoms with van der Waals surface area (Å²) in [5, 5.41) is 3.30. The molecule has 5 rings (SSSR count). The second kappa shape index (κ2) is 11.2. The smallest absolute Gasteiger partial charge is 0.318 e. The zero-order chi connectivity index (χ0) is 24.7. The molecule has 0 bridgehead atoms. The van der Waals surface area contributed by atoms with Gasteiger partial charge in [-0.05, 0) is 28.7 Å². The second-order valence-electron chi connectivity index (χ2n) is 9.48. The summed E-state index contributed by atoms with van der Waals surface area (Å²) in [6.45, 7) is 1.78. The van der Waals surface area contributed by atoms with Crippen molar-refractivity contribution in [3.05, 3.63) is 144 Å². The minimum absolute atomic E-state index is 0.0458. The summed E-state index contributed by atoms with van der Waals surface area (Å²) in [7, 11) is 1.93. The molecule has 4 aromatic rings. The SMILES string of the molecule is CN(C(=O)NC(c1ccccc1)c1ccccc1)[C@H]1CCN(C(c2ccccc2)c2ccccc2)C1. The maximum Gasteiger partial charge on any atom is 0.318 e. The van der Waals surface area contributed by atoms with Crippen LogP contribution in [0.25, 0.3) is 0 Å². The van der Waals surface area contributed by atoms with E-state index < -0.39 is 0 Å². The molecule has 36 heavy (non-hydrogen) atoms. The third-order valence-electron chi connectivity index (χ3n) is 7.19. The molecule has 1 heterocycles. The van der Waals surface area contributed by atoms with Gasteiger partial charge in [0.15, 0.2) is 0 Å². The first-order valence-corrected chi connectivity index (χ1v) is 12.7. The molecule has 4 heteroatoms. The average Bonchev–Trinajstić information content (AvgIpc) is 3.43. The predicted molar refractivity (Wildman–Crippen MR) is 146 cm³/mol. The molecule has 1 fully saturated rings. The van der Waals surface area contributed by atoms with Crippen molar-refractivity contribution in [3.8, 4) is 0 Å². The third-order valence-corrected chi connectivity index (χ3v) is 7.19. The Kier molecular flexibility index (Phi) is 7.44. The van der Waals surface area contributed by atoms with Crippen LogP contribution in [0.3, 0.4) is 0 Å². The van der Waals surface area contributed by atoms with Crippen molar-refractivity contribution in [2.75, 3.05) is 20.1 Å². The Bertz CT molecular complexity index is 1150. The van der Waals surface area contributed by atoms with Crippen molar-refractivity contribution in [1.82, 2.24) is 15.1 Å². The molecule has 0 aliphatic carbocycles. The van der Waals surface area contributed by atoms with Crippen LogP contribution in [0.1, 0.15) is 40.8 Å². The lowest BCUT2D eigenvalue weighted by molar-refractivity contribution is 0.183. The van der Waals surface area contributed by atoms with Crippen LogP contribution in [0, 0.1) is 0 Å². The largest absolute Gasteiger partial charge is 0.327 e. The van der Waals surface area contributed by atoms with Gasteiger partial charge in [-0.3, -0.25) is 4.90 Å². The molecule has 2 amide bonds. The molecule has 1 atom stereocenters. The summed E-state index contributed by atoms with van der Waals surface area (Å²) < 4.78 is 0. The molecule has 4 nitrogen and oxygen atoms in total. The van der Waals surface area contributed by atoms with Crippen LogP contribution >= 0.6 is 0 Å². The number of benzene rings is 4. The fourth-order valence-electron chi connectivity index (χ4n) is 5.24. The Morgan fingerprint density at radius 3 is 1.58 bits per heavy atom. The Labute approximate surface area is 214 Å². The molecule has 0 aromatic heterocycles. The molecule has 1 saturated heterocycles. The molecule has 0 saturated carbocycles. The number of carbonyl (C=O) groups is 1. The fraction of sp³-hybridized carbons (Fsp3) is 0.219. The first kappa shape index (κ1) is 23.8. The molecule has 182 valence electrons. The van der Waals surface area contributed by atoms with Crippen LogP contribution in [0.5, 0.6) is 0 Å². The van der Waals surface area contributed by atoms with E-state index in [9.17, 15) is 4.79 Å². The summed E-state index contributed by atoms with van der Waals surface area (Å²) in [6, 6.07) is 41.8. The highest BCUT2D eigenvalue weighted by Crippen LogP contribution is 2.32. The van der Waals surface area contributed by atoms with Gasteiger partial charge in [-0.2, -0.15) is 0 Å². The molecule has 4 aromatic carbocycles. The Hall–Kier alpha value is -3.89. The first-order chi connectivity index (χ1) is 17.7. The van der Waals surface area contributed by atoms with Crippen molar-refractivity contribution < 1.29 is 4.79 Å². The maximum atomic E-state index is 13.5. The van der Waals surface area contributed by atoms with E-state index in [0.29, 0.717) is 0 Å². The van der Waals surface area contributed by atoms with Crippen molar-refractivity contribution in [2.24, 2.45) is 0 Å². The molecule has 1 aliphatic heterocycles. The third kappa shape index (κ3) is 5.34. The first-order valence-electron chi connectivity index (χ1n) is 12.7. The van der Waals surface area contributed by atoms with Gasteiger partial charge in [0.05, 0.1) is 12.1 Å². The Balaban J connectivity index is 1.32. The number of likely N-dealkylation sites (tertiary alicyclic amines) is 1. The van der Waals surface area contributed by atoms with Crippen LogP contribution in [0.4, 0.5) is 4.79 Å². The lowest BCUT2D eigenvalue weighted by Gasteiger charge is -2.31. The number of likely N-dealkylation sites (N-methyl/N-ethyl adjacent to an activating group) is 1. The van der Waals surface area contributed by atoms with E-state index in [0.717, 1.165) is 30.6 Å². The number of nitrogens with one attached hydrogen (secondary N) is 1. The number of hydrogen-bond donors (Lipinski definition) is 1. The zero-order valence-electron chi connectivity index (χ0n) is 20.7. The summed E-state index contributed by atoms with van der Waals surface area (Å²) in [5.41, 5.74) is 4.72. The minimum atomic E-state index is -0.193. The minimum Gasteiger partial charge on any atom is -0.327 e. The summed E-state index contributed by atoms with van der Waals surface area (Å²) in [6.07, 6.45) is 0.946. The van der Waals surface area contributed by atoms with E-state index in [4.69, 9.17) is 0 Å². The van der Waals surface area contributed by atoms with E-state index in [2.05, 4.69) is 95.1 Å². The van der Waals surface area contributed by atoms with Crippen LogP contribution in [-0.2, 0) is 0 Å². The molecule has 1 N–H and O–H groups in total. The highest BCUT2D eigenvalue weighted by molar-refractivity contribution is 5.75. The van der Waals surface area contributed by atoms with Gasteiger partial charge in [-0.15, -0.1) is 0 Å². The number of amides is 2. The van der Waals surface area contributed by atoms with Gasteiger partial charge in [0.1, 0.15) is 0 Å². The van der Waals surface area contributed by atoms with Crippen molar-refractivity contribution in [2.45, 2.75) is 24.5 Å². The van der Waals surface area contributed by atoms with Crippen LogP contribution in [-0.4, -0.2) is 42.0 Å². The summed E-state index contributed by atoms with van der Waals surface area (Å²) in [4.78, 5) is 17.9. The average molecular weight is 476 g/mol. The number of urea groups is 1. The van der Waals surface area contributed by atoms with Crippen molar-refractivity contribution >= 4 is 6.03 Å². The zero-order valence-corrected chi connectivity index (χ0v) is 20.7. The van der Waals surface area contributed by atoms with Gasteiger partial charge in [-0.1, -0.05) is 121 Å². The van der Waals surface area contributed by atoms with E-state index in [-0.39, 0.29) is 24.2 Å². The predicted octanol–water partition coefficient (Wildman–Crippen LogP) is 6.28. The number of hydrogen-bond acceptors (Lipinski definition) is 2. The van der Waals surface area contributed by atoms with E-state index in [1.807, 2.05) is 48.3 Å². The van der Waals surface area contributed by atoms with Gasteiger partial charge in [0.2, 0.25) is 0 Å². The molecule has 0 spiro atoms. The van der Waals surface area contributed by atoms with Gasteiger partial charge < -0.3 is 10.2 Å². The van der Waals surface area contributed by atoms with Gasteiger partial charge in [-0.25, -0.2) is 4.79 Å². The Morgan fingerprint density at radius 1 is 0.722 bits per heavy atom. The van der Waals surface area contributed by atoms with Crippen molar-refractivity contribution in [1.29, 1.82) is 0 Å². The molecular formula is C32H33N3O. The Morgan fingerprint density at radius 2 is 1.14 bits per heavy atom. The van der Waals surface area contributed by atoms with Gasteiger partial charge >= 0.3 is 6.03 Å². The van der Waals surface area contributed by atoms with E-state index in [1.165, 1.54) is 11.1 Å². The highest BCUT2D eigenvalue weighted by atomic mass is 16.2. The normalized spacial score (nSPS) is 15.8. The number of carbonyl (C=O) groups excluding carboxylic acids is 1. The summed E-state index contributed by atoms with van der Waals surface area (Å²) in [5.74, 6) is 0. The van der Waals surface area contributed by atoms with Crippen LogP contribution < -0.4 is 5.32 Å². The topological polar surface area (TPSA) is 35.6 Å². The van der Waals surface area contributed by atoms with Gasteiger partial charge in [0.25, 0.3) is 0 Å². The summed E-state index contributed by atoms with van der Waals surface area (Å²) >= 11 is 0. The van der Waals surface area contributed by atoms with Gasteiger partial charge in [0, 0.05) is 26.2 Å².